The zero-order valence-corrected chi connectivity index (χ0v) is 14.2. The molecule has 0 bridgehead atoms. The maximum Gasteiger partial charge on any atom is 0.160 e. The summed E-state index contributed by atoms with van der Waals surface area (Å²) in [5, 5.41) is 0. The Hall–Kier alpha value is -1.31. The van der Waals surface area contributed by atoms with Crippen LogP contribution < -0.4 is 9.62 Å². The fourth-order valence-corrected chi connectivity index (χ4v) is 3.84. The van der Waals surface area contributed by atoms with Crippen molar-refractivity contribution in [2.24, 2.45) is 0 Å². The normalized spacial score (nSPS) is 21.0. The van der Waals surface area contributed by atoms with Crippen LogP contribution >= 0.6 is 11.9 Å². The van der Waals surface area contributed by atoms with Crippen molar-refractivity contribution in [3.05, 3.63) is 24.7 Å². The van der Waals surface area contributed by atoms with Gasteiger partial charge in [0.15, 0.2) is 5.65 Å². The fraction of sp³-hybridized carbons (Fsp3) is 0.562. The molecule has 0 amide bonds. The molecule has 0 aromatic carbocycles. The summed E-state index contributed by atoms with van der Waals surface area (Å²) in [6.45, 7) is 3.85. The Morgan fingerprint density at radius 1 is 1.30 bits per heavy atom. The highest BCUT2D eigenvalue weighted by atomic mass is 32.2. The molecule has 4 rings (SSSR count). The third-order valence-electron chi connectivity index (χ3n) is 4.78. The first-order chi connectivity index (χ1) is 11.2. The Morgan fingerprint density at radius 3 is 2.78 bits per heavy atom. The Balaban J connectivity index is 1.59. The molecular weight excluding hydrogens is 313 g/mol. The van der Waals surface area contributed by atoms with Crippen LogP contribution in [0.25, 0.3) is 5.65 Å². The molecule has 7 heteroatoms. The first-order valence-electron chi connectivity index (χ1n) is 8.09. The molecular formula is C16H22FN5S. The minimum atomic E-state index is -0.293. The van der Waals surface area contributed by atoms with Crippen LogP contribution in [0.5, 0.6) is 0 Å². The van der Waals surface area contributed by atoms with Crippen molar-refractivity contribution in [3.8, 4) is 0 Å². The number of piperazine rings is 1. The first kappa shape index (κ1) is 15.2. The predicted octanol–water partition coefficient (Wildman–Crippen LogP) is 2.18. The number of likely N-dealkylation sites (N-methyl/N-ethyl adjacent to an activating group) is 1. The molecule has 5 nitrogen and oxygen atoms in total. The lowest BCUT2D eigenvalue weighted by Crippen LogP contribution is -2.44. The molecule has 2 aliphatic rings. The van der Waals surface area contributed by atoms with E-state index in [4.69, 9.17) is 0 Å². The zero-order valence-electron chi connectivity index (χ0n) is 13.3. The number of hydrogen-bond acceptors (Lipinski definition) is 5. The molecule has 3 heterocycles. The summed E-state index contributed by atoms with van der Waals surface area (Å²) < 4.78 is 18.4. The highest BCUT2D eigenvalue weighted by Crippen LogP contribution is 2.39. The van der Waals surface area contributed by atoms with Crippen molar-refractivity contribution in [3.63, 3.8) is 0 Å². The van der Waals surface area contributed by atoms with Gasteiger partial charge in [0.1, 0.15) is 6.67 Å². The lowest BCUT2D eigenvalue weighted by atomic mass is 10.3. The molecule has 2 aromatic rings. The minimum absolute atomic E-state index is 0.289. The second kappa shape index (κ2) is 5.96. The van der Waals surface area contributed by atoms with Gasteiger partial charge < -0.3 is 14.2 Å². The van der Waals surface area contributed by atoms with E-state index in [1.54, 1.807) is 0 Å². The van der Waals surface area contributed by atoms with Crippen LogP contribution in [0.2, 0.25) is 0 Å². The van der Waals surface area contributed by atoms with Gasteiger partial charge in [0.05, 0.1) is 11.2 Å². The van der Waals surface area contributed by atoms with Gasteiger partial charge in [0.25, 0.3) is 0 Å². The van der Waals surface area contributed by atoms with Crippen LogP contribution in [0, 0.1) is 0 Å². The predicted molar refractivity (Wildman–Crippen MR) is 91.8 cm³/mol. The molecule has 1 saturated heterocycles. The number of halogens is 1. The molecule has 1 saturated carbocycles. The SMILES string of the molecule is CN1CCN(c2cc(SNC3(CF)CC3)cn3ccnc23)CC1. The number of pyridine rings is 1. The summed E-state index contributed by atoms with van der Waals surface area (Å²) >= 11 is 1.54. The van der Waals surface area contributed by atoms with Crippen molar-refractivity contribution in [1.82, 2.24) is 19.0 Å². The van der Waals surface area contributed by atoms with E-state index in [2.05, 4.69) is 43.2 Å². The van der Waals surface area contributed by atoms with Gasteiger partial charge in [-0.1, -0.05) is 0 Å². The first-order valence-corrected chi connectivity index (χ1v) is 8.91. The van der Waals surface area contributed by atoms with Gasteiger partial charge in [-0.2, -0.15) is 0 Å². The van der Waals surface area contributed by atoms with E-state index in [-0.39, 0.29) is 12.2 Å². The van der Waals surface area contributed by atoms with Gasteiger partial charge >= 0.3 is 0 Å². The van der Waals surface area contributed by atoms with E-state index in [1.807, 2.05) is 12.4 Å². The Labute approximate surface area is 140 Å². The second-order valence-electron chi connectivity index (χ2n) is 6.63. The highest BCUT2D eigenvalue weighted by Gasteiger charge is 2.42. The van der Waals surface area contributed by atoms with Crippen LogP contribution in [-0.2, 0) is 0 Å². The maximum absolute atomic E-state index is 13.0. The number of rotatable bonds is 5. The number of aromatic nitrogens is 2. The molecule has 0 spiro atoms. The van der Waals surface area contributed by atoms with E-state index < -0.39 is 0 Å². The largest absolute Gasteiger partial charge is 0.366 e. The van der Waals surface area contributed by atoms with Crippen LogP contribution in [0.3, 0.4) is 0 Å². The molecule has 0 radical (unpaired) electrons. The molecule has 1 aliphatic carbocycles. The van der Waals surface area contributed by atoms with Gasteiger partial charge in [0, 0.05) is 49.7 Å². The van der Waals surface area contributed by atoms with Gasteiger partial charge in [-0.25, -0.2) is 9.37 Å². The fourth-order valence-electron chi connectivity index (χ4n) is 2.91. The Kier molecular flexibility index (Phi) is 3.95. The lowest BCUT2D eigenvalue weighted by Gasteiger charge is -2.34. The van der Waals surface area contributed by atoms with Crippen molar-refractivity contribution in [2.45, 2.75) is 23.3 Å². The highest BCUT2D eigenvalue weighted by molar-refractivity contribution is 7.97. The van der Waals surface area contributed by atoms with Crippen LogP contribution in [0.1, 0.15) is 12.8 Å². The maximum atomic E-state index is 13.0. The van der Waals surface area contributed by atoms with Crippen molar-refractivity contribution >= 4 is 23.3 Å². The van der Waals surface area contributed by atoms with Crippen molar-refractivity contribution in [1.29, 1.82) is 0 Å². The second-order valence-corrected chi connectivity index (χ2v) is 7.51. The monoisotopic (exact) mass is 335 g/mol. The topological polar surface area (TPSA) is 35.8 Å². The van der Waals surface area contributed by atoms with E-state index in [0.717, 1.165) is 49.6 Å². The molecule has 0 unspecified atom stereocenters. The van der Waals surface area contributed by atoms with Gasteiger partial charge in [-0.15, -0.1) is 0 Å². The van der Waals surface area contributed by atoms with E-state index >= 15 is 0 Å². The molecule has 0 atom stereocenters. The number of nitrogens with one attached hydrogen (secondary N) is 1. The van der Waals surface area contributed by atoms with E-state index in [9.17, 15) is 4.39 Å². The average Bonchev–Trinajstić information content (AvgIpc) is 3.21. The average molecular weight is 335 g/mol. The van der Waals surface area contributed by atoms with Crippen LogP contribution in [0.15, 0.2) is 29.6 Å². The van der Waals surface area contributed by atoms with Crippen LogP contribution in [-0.4, -0.2) is 59.7 Å². The number of anilines is 1. The molecule has 1 aliphatic heterocycles. The standard InChI is InChI=1S/C16H22FN5S/c1-20-6-8-21(9-7-20)14-10-13(11-22-5-4-18-15(14)22)23-19-16(12-17)2-3-16/h4-5,10-11,19H,2-3,6-9,12H2,1H3. The van der Waals surface area contributed by atoms with Gasteiger partial charge in [-0.3, -0.25) is 4.72 Å². The Bertz CT molecular complexity index is 691. The molecule has 124 valence electrons. The third kappa shape index (κ3) is 3.05. The molecule has 2 fully saturated rings. The van der Waals surface area contributed by atoms with Gasteiger partial charge in [0.2, 0.25) is 0 Å². The van der Waals surface area contributed by atoms with E-state index in [0.29, 0.717) is 0 Å². The lowest BCUT2D eigenvalue weighted by molar-refractivity contribution is 0.313. The quantitative estimate of drug-likeness (QED) is 0.848. The summed E-state index contributed by atoms with van der Waals surface area (Å²) in [5.41, 5.74) is 1.87. The smallest absolute Gasteiger partial charge is 0.160 e. The summed E-state index contributed by atoms with van der Waals surface area (Å²) in [4.78, 5) is 10.4. The molecule has 23 heavy (non-hydrogen) atoms. The Morgan fingerprint density at radius 2 is 2.09 bits per heavy atom. The van der Waals surface area contributed by atoms with Crippen LogP contribution in [0.4, 0.5) is 10.1 Å². The zero-order chi connectivity index (χ0) is 15.9. The number of imidazole rings is 1. The van der Waals surface area contributed by atoms with Crippen molar-refractivity contribution in [2.75, 3.05) is 44.8 Å². The number of fused-ring (bicyclic) bond motifs is 1. The third-order valence-corrected chi connectivity index (χ3v) is 5.78. The summed E-state index contributed by atoms with van der Waals surface area (Å²) in [6.07, 6.45) is 7.72. The van der Waals surface area contributed by atoms with Crippen molar-refractivity contribution < 1.29 is 4.39 Å². The number of alkyl halides is 1. The number of hydrogen-bond donors (Lipinski definition) is 1. The summed E-state index contributed by atoms with van der Waals surface area (Å²) in [6, 6.07) is 2.18. The summed E-state index contributed by atoms with van der Waals surface area (Å²) in [7, 11) is 2.16. The minimum Gasteiger partial charge on any atom is -0.366 e. The molecule has 1 N–H and O–H groups in total. The number of nitrogens with zero attached hydrogens (tertiary/aromatic N) is 4. The molecule has 2 aromatic heterocycles. The van der Waals surface area contributed by atoms with Gasteiger partial charge in [-0.05, 0) is 37.9 Å². The summed E-state index contributed by atoms with van der Waals surface area (Å²) in [5.74, 6) is 0. The van der Waals surface area contributed by atoms with E-state index in [1.165, 1.54) is 17.6 Å².